The Labute approximate surface area is 143 Å². The first-order valence-electron chi connectivity index (χ1n) is 6.96. The molecule has 1 rings (SSSR count). The molecule has 1 unspecified atom stereocenters. The van der Waals surface area contributed by atoms with E-state index in [9.17, 15) is 13.0 Å². The highest BCUT2D eigenvalue weighted by Crippen LogP contribution is 2.16. The van der Waals surface area contributed by atoms with Gasteiger partial charge in [-0.1, -0.05) is 6.92 Å². The lowest BCUT2D eigenvalue weighted by atomic mass is 10.2. The summed E-state index contributed by atoms with van der Waals surface area (Å²) in [6.45, 7) is 3.63. The fraction of sp³-hybridized carbons (Fsp3) is 0.615. The van der Waals surface area contributed by atoms with Crippen LogP contribution in [0.4, 0.5) is 0 Å². The second-order valence-corrected chi connectivity index (χ2v) is 9.27. The first kappa shape index (κ1) is 19.7. The van der Waals surface area contributed by atoms with Crippen molar-refractivity contribution in [3.05, 3.63) is 22.8 Å². The van der Waals surface area contributed by atoms with Gasteiger partial charge in [0.15, 0.2) is 0 Å². The van der Waals surface area contributed by atoms with E-state index in [2.05, 4.69) is 26.2 Å². The average Bonchev–Trinajstić information content (AvgIpc) is 2.42. The van der Waals surface area contributed by atoms with Crippen LogP contribution >= 0.6 is 26.7 Å². The lowest BCUT2D eigenvalue weighted by Crippen LogP contribution is -2.24. The van der Waals surface area contributed by atoms with Gasteiger partial charge in [-0.05, 0) is 58.6 Å². The average molecular weight is 412 g/mol. The smallest absolute Gasteiger partial charge is 0.213 e. The summed E-state index contributed by atoms with van der Waals surface area (Å²) in [5, 5.41) is 2.90. The maximum Gasteiger partial charge on any atom is 0.213 e. The zero-order valence-electron chi connectivity index (χ0n) is 12.3. The first-order valence-corrected chi connectivity index (χ1v) is 10.6. The minimum Gasteiger partial charge on any atom is -0.739 e. The van der Waals surface area contributed by atoms with E-state index < -0.39 is 9.15 Å². The first-order chi connectivity index (χ1) is 10.4. The Morgan fingerprint density at radius 3 is 2.82 bits per heavy atom. The number of unbranched alkanes of at least 4 members (excludes halogenated alkanes) is 2. The largest absolute Gasteiger partial charge is 0.739 e. The highest BCUT2D eigenvalue weighted by atomic mass is 79.9. The maximum absolute atomic E-state index is 10.5. The van der Waals surface area contributed by atoms with Gasteiger partial charge in [-0.2, -0.15) is 0 Å². The number of nitrogens with one attached hydrogen (secondary N) is 1. The van der Waals surface area contributed by atoms with Gasteiger partial charge in [-0.15, -0.1) is 0 Å². The number of rotatable bonds is 11. The van der Waals surface area contributed by atoms with Crippen LogP contribution in [0.5, 0.6) is 5.88 Å². The van der Waals surface area contributed by atoms with Gasteiger partial charge in [0.1, 0.15) is 9.15 Å². The van der Waals surface area contributed by atoms with Gasteiger partial charge in [0.25, 0.3) is 0 Å². The third-order valence-electron chi connectivity index (χ3n) is 2.66. The quantitative estimate of drug-likeness (QED) is 0.339. The van der Waals surface area contributed by atoms with Gasteiger partial charge in [0.2, 0.25) is 5.88 Å². The van der Waals surface area contributed by atoms with Crippen molar-refractivity contribution in [3.63, 3.8) is 0 Å². The summed E-state index contributed by atoms with van der Waals surface area (Å²) in [7, 11) is -3.75. The van der Waals surface area contributed by atoms with Gasteiger partial charge in [0, 0.05) is 28.5 Å². The third-order valence-corrected chi connectivity index (χ3v) is 5.55. The number of halogens is 1. The molecule has 0 fully saturated rings. The fourth-order valence-corrected chi connectivity index (χ4v) is 3.93. The van der Waals surface area contributed by atoms with Crippen LogP contribution in [-0.2, 0) is 9.15 Å². The molecule has 0 saturated heterocycles. The van der Waals surface area contributed by atoms with Crippen molar-refractivity contribution in [1.29, 1.82) is 0 Å². The Balaban J connectivity index is 1.96. The molecule has 0 spiro atoms. The molecule has 126 valence electrons. The number of hydrogen-bond donors (Lipinski definition) is 1. The van der Waals surface area contributed by atoms with Gasteiger partial charge in [-0.25, -0.2) is 13.4 Å². The number of pyridine rings is 1. The van der Waals surface area contributed by atoms with Crippen molar-refractivity contribution in [3.8, 4) is 5.88 Å². The van der Waals surface area contributed by atoms with Crippen molar-refractivity contribution >= 4 is 35.9 Å². The summed E-state index contributed by atoms with van der Waals surface area (Å²) in [6.07, 6.45) is 4.60. The number of aromatic nitrogens is 1. The summed E-state index contributed by atoms with van der Waals surface area (Å²) >= 11 is 3.31. The van der Waals surface area contributed by atoms with E-state index in [0.29, 0.717) is 29.8 Å². The van der Waals surface area contributed by atoms with Crippen LogP contribution in [0.15, 0.2) is 22.8 Å². The molecule has 0 aliphatic heterocycles. The van der Waals surface area contributed by atoms with Crippen LogP contribution in [0.25, 0.3) is 0 Å². The molecule has 0 saturated carbocycles. The van der Waals surface area contributed by atoms with Crippen molar-refractivity contribution in [1.82, 2.24) is 10.3 Å². The third kappa shape index (κ3) is 10.4. The Morgan fingerprint density at radius 2 is 2.18 bits per heavy atom. The monoisotopic (exact) mass is 411 g/mol. The molecule has 1 aromatic heterocycles. The predicted molar refractivity (Wildman–Crippen MR) is 90.9 cm³/mol. The molecular weight excluding hydrogens is 392 g/mol. The highest BCUT2D eigenvalue weighted by Gasteiger charge is 2.06. The SMILES string of the molecule is CC(CNCCCCCOc1ccc(Br)cn1)SS(=O)(=O)[O-]. The molecule has 1 atom stereocenters. The lowest BCUT2D eigenvalue weighted by Gasteiger charge is -2.14. The van der Waals surface area contributed by atoms with Crippen LogP contribution in [0.3, 0.4) is 0 Å². The van der Waals surface area contributed by atoms with E-state index in [4.69, 9.17) is 4.74 Å². The maximum atomic E-state index is 10.5. The minimum absolute atomic E-state index is 0.241. The summed E-state index contributed by atoms with van der Waals surface area (Å²) in [4.78, 5) is 4.12. The molecule has 1 aromatic rings. The molecule has 0 radical (unpaired) electrons. The van der Waals surface area contributed by atoms with Gasteiger partial charge >= 0.3 is 0 Å². The standard InChI is InChI=1S/C13H21BrN2O4S2/c1-11(21-22(17,18)19)9-15-7-3-2-4-8-20-13-6-5-12(14)10-16-13/h5-6,10-11,15H,2-4,7-9H2,1H3,(H,17,18,19)/p-1. The summed E-state index contributed by atoms with van der Waals surface area (Å²) in [5.74, 6) is 0.617. The van der Waals surface area contributed by atoms with Crippen molar-refractivity contribution in [2.45, 2.75) is 31.4 Å². The summed E-state index contributed by atoms with van der Waals surface area (Å²) in [6, 6.07) is 3.70. The fourth-order valence-electron chi connectivity index (χ4n) is 1.69. The van der Waals surface area contributed by atoms with Gasteiger partial charge < -0.3 is 14.6 Å². The van der Waals surface area contributed by atoms with E-state index in [1.54, 1.807) is 13.1 Å². The molecule has 0 aliphatic rings. The van der Waals surface area contributed by atoms with Gasteiger partial charge in [-0.3, -0.25) is 0 Å². The zero-order valence-corrected chi connectivity index (χ0v) is 15.5. The second-order valence-electron chi connectivity index (χ2n) is 4.74. The van der Waals surface area contributed by atoms with Crippen molar-refractivity contribution < 1.29 is 17.7 Å². The van der Waals surface area contributed by atoms with Crippen molar-refractivity contribution in [2.75, 3.05) is 19.7 Å². The molecule has 6 nitrogen and oxygen atoms in total. The Hall–Kier alpha value is -0.350. The summed E-state index contributed by atoms with van der Waals surface area (Å²) < 4.78 is 38.1. The van der Waals surface area contributed by atoms with Gasteiger partial charge in [0.05, 0.1) is 6.61 Å². The van der Waals surface area contributed by atoms with Crippen LogP contribution in [0, 0.1) is 0 Å². The normalized spacial score (nSPS) is 13.0. The van der Waals surface area contributed by atoms with E-state index in [0.717, 1.165) is 30.3 Å². The molecule has 9 heteroatoms. The molecule has 1 heterocycles. The minimum atomic E-state index is -4.21. The second kappa shape index (κ2) is 10.4. The Kier molecular flexibility index (Phi) is 9.34. The van der Waals surface area contributed by atoms with Crippen LogP contribution in [0.1, 0.15) is 26.2 Å². The van der Waals surface area contributed by atoms with E-state index >= 15 is 0 Å². The number of nitrogens with zero attached hydrogens (tertiary/aromatic N) is 1. The number of hydrogen-bond acceptors (Lipinski definition) is 7. The molecule has 0 aliphatic carbocycles. The zero-order chi connectivity index (χ0) is 16.4. The molecule has 0 bridgehead atoms. The Bertz CT molecular complexity index is 525. The highest BCUT2D eigenvalue weighted by molar-refractivity contribution is 9.10. The van der Waals surface area contributed by atoms with E-state index in [1.165, 1.54) is 0 Å². The van der Waals surface area contributed by atoms with E-state index in [-0.39, 0.29) is 5.25 Å². The molecule has 0 aromatic carbocycles. The molecular formula is C13H20BrN2O4S2-. The van der Waals surface area contributed by atoms with Crippen LogP contribution in [-0.4, -0.2) is 42.9 Å². The topological polar surface area (TPSA) is 91.3 Å². The predicted octanol–water partition coefficient (Wildman–Crippen LogP) is 2.56. The summed E-state index contributed by atoms with van der Waals surface area (Å²) in [5.41, 5.74) is 0. The van der Waals surface area contributed by atoms with Crippen LogP contribution < -0.4 is 10.1 Å². The van der Waals surface area contributed by atoms with Crippen molar-refractivity contribution in [2.24, 2.45) is 0 Å². The molecule has 22 heavy (non-hydrogen) atoms. The molecule has 0 amide bonds. The lowest BCUT2D eigenvalue weighted by molar-refractivity contribution is 0.293. The number of ether oxygens (including phenoxy) is 1. The Morgan fingerprint density at radius 1 is 1.41 bits per heavy atom. The molecule has 1 N–H and O–H groups in total. The van der Waals surface area contributed by atoms with E-state index in [1.807, 2.05) is 12.1 Å². The van der Waals surface area contributed by atoms with Crippen LogP contribution in [0.2, 0.25) is 0 Å².